The van der Waals surface area contributed by atoms with Gasteiger partial charge in [-0.1, -0.05) is 11.6 Å². The van der Waals surface area contributed by atoms with Crippen LogP contribution in [0.2, 0.25) is 5.02 Å². The van der Waals surface area contributed by atoms with Gasteiger partial charge in [-0.05, 0) is 40.2 Å². The highest BCUT2D eigenvalue weighted by molar-refractivity contribution is 9.10. The number of nitrogen functional groups attached to an aromatic ring is 1. The number of halogens is 2. The van der Waals surface area contributed by atoms with Crippen molar-refractivity contribution in [2.45, 2.75) is 0 Å². The molecular formula is C11H7BrClN3O. The fourth-order valence-corrected chi connectivity index (χ4v) is 2.20. The van der Waals surface area contributed by atoms with E-state index in [0.29, 0.717) is 32.5 Å². The van der Waals surface area contributed by atoms with Gasteiger partial charge in [0.25, 0.3) is 0 Å². The van der Waals surface area contributed by atoms with Crippen molar-refractivity contribution < 1.29 is 4.42 Å². The van der Waals surface area contributed by atoms with Gasteiger partial charge in [0.1, 0.15) is 5.52 Å². The number of hydrogen-bond donors (Lipinski definition) is 2. The number of hydrogen-bond acceptors (Lipinski definition) is 3. The molecule has 0 unspecified atom stereocenters. The quantitative estimate of drug-likeness (QED) is 0.671. The number of imidazole rings is 1. The van der Waals surface area contributed by atoms with E-state index >= 15 is 0 Å². The number of H-pyrrole nitrogens is 1. The maximum Gasteiger partial charge on any atom is 0.174 e. The topological polar surface area (TPSA) is 67.8 Å². The molecule has 3 rings (SSSR count). The predicted molar refractivity (Wildman–Crippen MR) is 70.9 cm³/mol. The van der Waals surface area contributed by atoms with Crippen LogP contribution in [0.1, 0.15) is 0 Å². The van der Waals surface area contributed by atoms with Gasteiger partial charge in [-0.3, -0.25) is 0 Å². The first kappa shape index (κ1) is 10.7. The van der Waals surface area contributed by atoms with Crippen LogP contribution in [0.4, 0.5) is 5.69 Å². The second-order valence-corrected chi connectivity index (χ2v) is 4.80. The summed E-state index contributed by atoms with van der Waals surface area (Å²) in [6.45, 7) is 0. The first-order valence-electron chi connectivity index (χ1n) is 4.84. The van der Waals surface area contributed by atoms with E-state index in [1.54, 1.807) is 18.2 Å². The van der Waals surface area contributed by atoms with E-state index < -0.39 is 0 Å². The summed E-state index contributed by atoms with van der Waals surface area (Å²) in [6, 6.07) is 7.08. The van der Waals surface area contributed by atoms with Crippen LogP contribution in [-0.4, -0.2) is 9.97 Å². The van der Waals surface area contributed by atoms with Crippen molar-refractivity contribution in [2.75, 3.05) is 5.73 Å². The molecule has 0 aliphatic rings. The fourth-order valence-electron chi connectivity index (χ4n) is 1.67. The maximum atomic E-state index is 5.92. The Bertz CT molecular complexity index is 704. The zero-order valence-corrected chi connectivity index (χ0v) is 10.8. The lowest BCUT2D eigenvalue weighted by Crippen LogP contribution is -1.86. The second-order valence-electron chi connectivity index (χ2n) is 3.58. The van der Waals surface area contributed by atoms with Crippen LogP contribution in [0.3, 0.4) is 0 Å². The molecule has 4 nitrogen and oxygen atoms in total. The minimum Gasteiger partial charge on any atom is -0.446 e. The molecule has 17 heavy (non-hydrogen) atoms. The summed E-state index contributed by atoms with van der Waals surface area (Å²) in [6.07, 6.45) is 0. The van der Waals surface area contributed by atoms with Gasteiger partial charge < -0.3 is 15.1 Å². The van der Waals surface area contributed by atoms with Gasteiger partial charge in [-0.25, -0.2) is 4.98 Å². The lowest BCUT2D eigenvalue weighted by molar-refractivity contribution is 0.552. The standard InChI is InChI=1S/C11H7BrClN3O/c12-9-2-1-8(17-9)11-15-7-4-5(13)3-6(14)10(7)16-11/h1-4H,14H2,(H,15,16). The first-order valence-corrected chi connectivity index (χ1v) is 6.01. The third-order valence-corrected chi connectivity index (χ3v) is 3.03. The molecule has 0 atom stereocenters. The second kappa shape index (κ2) is 3.78. The number of nitrogens with one attached hydrogen (secondary N) is 1. The van der Waals surface area contributed by atoms with Crippen LogP contribution in [0.15, 0.2) is 33.4 Å². The van der Waals surface area contributed by atoms with Crippen LogP contribution in [0, 0.1) is 0 Å². The highest BCUT2D eigenvalue weighted by Crippen LogP contribution is 2.29. The smallest absolute Gasteiger partial charge is 0.174 e. The molecule has 2 aromatic heterocycles. The van der Waals surface area contributed by atoms with Gasteiger partial charge in [0, 0.05) is 5.02 Å². The van der Waals surface area contributed by atoms with Crippen molar-refractivity contribution in [2.24, 2.45) is 0 Å². The summed E-state index contributed by atoms with van der Waals surface area (Å²) in [5.74, 6) is 1.27. The average molecular weight is 313 g/mol. The van der Waals surface area contributed by atoms with Crippen molar-refractivity contribution >= 4 is 44.3 Å². The van der Waals surface area contributed by atoms with Crippen LogP contribution >= 0.6 is 27.5 Å². The molecule has 0 bridgehead atoms. The number of furan rings is 1. The molecular weight excluding hydrogens is 305 g/mol. The van der Waals surface area contributed by atoms with Crippen LogP contribution in [0.5, 0.6) is 0 Å². The largest absolute Gasteiger partial charge is 0.446 e. The third kappa shape index (κ3) is 1.81. The van der Waals surface area contributed by atoms with Gasteiger partial charge in [0.15, 0.2) is 16.3 Å². The number of rotatable bonds is 1. The molecule has 0 amide bonds. The Balaban J connectivity index is 2.23. The SMILES string of the molecule is Nc1cc(Cl)cc2[nH]c(-c3ccc(Br)o3)nc12. The highest BCUT2D eigenvalue weighted by atomic mass is 79.9. The number of anilines is 1. The Morgan fingerprint density at radius 3 is 2.88 bits per heavy atom. The summed E-state index contributed by atoms with van der Waals surface area (Å²) in [4.78, 5) is 7.50. The first-order chi connectivity index (χ1) is 8.13. The third-order valence-electron chi connectivity index (χ3n) is 2.39. The van der Waals surface area contributed by atoms with Crippen molar-refractivity contribution in [1.29, 1.82) is 0 Å². The minimum absolute atomic E-state index is 0.542. The molecule has 6 heteroatoms. The summed E-state index contributed by atoms with van der Waals surface area (Å²) in [5.41, 5.74) is 7.87. The number of fused-ring (bicyclic) bond motifs is 1. The highest BCUT2D eigenvalue weighted by Gasteiger charge is 2.11. The van der Waals surface area contributed by atoms with E-state index in [-0.39, 0.29) is 0 Å². The molecule has 0 fully saturated rings. The van der Waals surface area contributed by atoms with E-state index in [1.807, 2.05) is 6.07 Å². The molecule has 0 saturated heterocycles. The number of benzene rings is 1. The molecule has 2 heterocycles. The number of aromatic nitrogens is 2. The van der Waals surface area contributed by atoms with Gasteiger partial charge >= 0.3 is 0 Å². The van der Waals surface area contributed by atoms with E-state index in [1.165, 1.54) is 0 Å². The van der Waals surface area contributed by atoms with Crippen molar-refractivity contribution in [3.8, 4) is 11.6 Å². The lowest BCUT2D eigenvalue weighted by Gasteiger charge is -1.94. The molecule has 0 aliphatic carbocycles. The molecule has 3 N–H and O–H groups in total. The molecule has 3 aromatic rings. The Hall–Kier alpha value is -1.46. The number of nitrogens with zero attached hydrogens (tertiary/aromatic N) is 1. The van der Waals surface area contributed by atoms with Crippen molar-refractivity contribution in [3.05, 3.63) is 34.0 Å². The number of nitrogens with two attached hydrogens (primary N) is 1. The normalized spacial score (nSPS) is 11.2. The Morgan fingerprint density at radius 1 is 1.35 bits per heavy atom. The Kier molecular flexibility index (Phi) is 2.38. The van der Waals surface area contributed by atoms with E-state index in [0.717, 1.165) is 5.52 Å². The molecule has 1 aromatic carbocycles. The van der Waals surface area contributed by atoms with E-state index in [4.69, 9.17) is 21.8 Å². The average Bonchev–Trinajstić information content (AvgIpc) is 2.83. The Labute approximate surface area is 110 Å². The lowest BCUT2D eigenvalue weighted by atomic mass is 10.3. The van der Waals surface area contributed by atoms with Crippen LogP contribution in [0.25, 0.3) is 22.6 Å². The molecule has 0 aliphatic heterocycles. The molecule has 0 saturated carbocycles. The van der Waals surface area contributed by atoms with Gasteiger partial charge in [-0.15, -0.1) is 0 Å². The monoisotopic (exact) mass is 311 g/mol. The maximum absolute atomic E-state index is 5.92. The van der Waals surface area contributed by atoms with E-state index in [9.17, 15) is 0 Å². The molecule has 86 valence electrons. The van der Waals surface area contributed by atoms with E-state index in [2.05, 4.69) is 25.9 Å². The van der Waals surface area contributed by atoms with Crippen molar-refractivity contribution in [1.82, 2.24) is 9.97 Å². The summed E-state index contributed by atoms with van der Waals surface area (Å²) >= 11 is 9.17. The fraction of sp³-hybridized carbons (Fsp3) is 0. The van der Waals surface area contributed by atoms with Crippen LogP contribution < -0.4 is 5.73 Å². The van der Waals surface area contributed by atoms with Gasteiger partial charge in [-0.2, -0.15) is 0 Å². The summed E-state index contributed by atoms with van der Waals surface area (Å²) < 4.78 is 6.07. The Morgan fingerprint density at radius 2 is 2.18 bits per heavy atom. The number of aromatic amines is 1. The molecule has 0 radical (unpaired) electrons. The predicted octanol–water partition coefficient (Wildman–Crippen LogP) is 3.82. The summed E-state index contributed by atoms with van der Waals surface area (Å²) in [7, 11) is 0. The van der Waals surface area contributed by atoms with Crippen molar-refractivity contribution in [3.63, 3.8) is 0 Å². The zero-order chi connectivity index (χ0) is 12.0. The minimum atomic E-state index is 0.542. The zero-order valence-electron chi connectivity index (χ0n) is 8.50. The molecule has 0 spiro atoms. The van der Waals surface area contributed by atoms with Gasteiger partial charge in [0.05, 0.1) is 11.2 Å². The van der Waals surface area contributed by atoms with Gasteiger partial charge in [0.2, 0.25) is 0 Å². The van der Waals surface area contributed by atoms with Crippen LogP contribution in [-0.2, 0) is 0 Å². The summed E-state index contributed by atoms with van der Waals surface area (Å²) in [5, 5.41) is 0.575.